The summed E-state index contributed by atoms with van der Waals surface area (Å²) in [5.41, 5.74) is 0. The molecule has 1 heterocycles. The highest BCUT2D eigenvalue weighted by Crippen LogP contribution is 2.59. The summed E-state index contributed by atoms with van der Waals surface area (Å²) >= 11 is 0. The Kier molecular flexibility index (Phi) is 8.94. The molecule has 3 aliphatic rings. The first kappa shape index (κ1) is 26.2. The fraction of sp³-hybridized carbons (Fsp3) is 0.926. The number of rotatable bonds is 10. The Balaban J connectivity index is 1.59. The van der Waals surface area contributed by atoms with Crippen LogP contribution in [0.5, 0.6) is 0 Å². The van der Waals surface area contributed by atoms with E-state index in [4.69, 9.17) is 13.9 Å². The molecule has 5 unspecified atom stereocenters. The summed E-state index contributed by atoms with van der Waals surface area (Å²) in [5, 5.41) is 10.9. The number of aliphatic hydroxyl groups excluding tert-OH is 1. The molecule has 1 aliphatic heterocycles. The topological polar surface area (TPSA) is 47.9 Å². The van der Waals surface area contributed by atoms with E-state index < -0.39 is 14.1 Å². The first-order valence-electron chi connectivity index (χ1n) is 13.2. The quantitative estimate of drug-likeness (QED) is 0.235. The Morgan fingerprint density at radius 1 is 1.06 bits per heavy atom. The van der Waals surface area contributed by atoms with Crippen molar-refractivity contribution < 1.29 is 19.0 Å². The fourth-order valence-corrected chi connectivity index (χ4v) is 6.63. The van der Waals surface area contributed by atoms with Crippen molar-refractivity contribution in [2.75, 3.05) is 13.2 Å². The van der Waals surface area contributed by atoms with Gasteiger partial charge >= 0.3 is 0 Å². The number of fused-ring (bicyclic) bond motifs is 2. The lowest BCUT2D eigenvalue weighted by Crippen LogP contribution is -2.53. The SMILES string of the molecule is CCCCCCCCCC(C#CC1C(O)CC2C1CC21OCCO1)O[Si](C)(C)C(C)(C)C. The summed E-state index contributed by atoms with van der Waals surface area (Å²) in [5.74, 6) is 7.31. The Labute approximate surface area is 198 Å². The number of ether oxygens (including phenoxy) is 2. The highest BCUT2D eigenvalue weighted by atomic mass is 28.4. The molecule has 3 rings (SSSR count). The van der Waals surface area contributed by atoms with Gasteiger partial charge in [-0.1, -0.05) is 78.1 Å². The molecule has 0 amide bonds. The van der Waals surface area contributed by atoms with Gasteiger partial charge in [0.2, 0.25) is 0 Å². The average molecular weight is 465 g/mol. The third-order valence-electron chi connectivity index (χ3n) is 8.47. The minimum Gasteiger partial charge on any atom is -0.403 e. The molecule has 32 heavy (non-hydrogen) atoms. The maximum Gasteiger partial charge on any atom is 0.193 e. The van der Waals surface area contributed by atoms with Crippen molar-refractivity contribution in [2.24, 2.45) is 17.8 Å². The van der Waals surface area contributed by atoms with Crippen molar-refractivity contribution in [1.82, 2.24) is 0 Å². The number of unbranched alkanes of at least 4 members (excludes halogenated alkanes) is 6. The number of hydrogen-bond donors (Lipinski definition) is 1. The summed E-state index contributed by atoms with van der Waals surface area (Å²) in [6.07, 6.45) is 11.3. The van der Waals surface area contributed by atoms with Gasteiger partial charge in [-0.2, -0.15) is 0 Å². The molecule has 1 spiro atoms. The van der Waals surface area contributed by atoms with Gasteiger partial charge in [0, 0.05) is 18.3 Å². The zero-order valence-electron chi connectivity index (χ0n) is 21.5. The van der Waals surface area contributed by atoms with Gasteiger partial charge < -0.3 is 19.0 Å². The smallest absolute Gasteiger partial charge is 0.193 e. The molecular weight excluding hydrogens is 416 g/mol. The molecule has 4 nitrogen and oxygen atoms in total. The van der Waals surface area contributed by atoms with Crippen molar-refractivity contribution in [2.45, 2.75) is 128 Å². The average Bonchev–Trinajstić information content (AvgIpc) is 3.29. The predicted octanol–water partition coefficient (Wildman–Crippen LogP) is 6.28. The summed E-state index contributed by atoms with van der Waals surface area (Å²) in [4.78, 5) is 0. The highest BCUT2D eigenvalue weighted by molar-refractivity contribution is 6.74. The molecule has 2 aliphatic carbocycles. The van der Waals surface area contributed by atoms with Crippen LogP contribution in [0.2, 0.25) is 18.1 Å². The van der Waals surface area contributed by atoms with E-state index in [0.29, 0.717) is 25.0 Å². The first-order valence-corrected chi connectivity index (χ1v) is 16.2. The summed E-state index contributed by atoms with van der Waals surface area (Å²) in [6, 6.07) is 0. The Hall–Kier alpha value is -0.383. The normalized spacial score (nSPS) is 30.0. The van der Waals surface area contributed by atoms with Gasteiger partial charge in [0.25, 0.3) is 0 Å². The monoisotopic (exact) mass is 464 g/mol. The molecule has 0 radical (unpaired) electrons. The minimum atomic E-state index is -1.90. The molecular formula is C27H48O4Si. The standard InChI is InChI=1S/C27H48O4Si/c1-7-8-9-10-11-12-13-14-21(31-32(5,6)26(2,3)4)15-16-22-23-20-27(29-17-18-30-27)24(23)19-25(22)28/h21-25,28H,7-14,17-20H2,1-6H3. The second kappa shape index (κ2) is 10.9. The van der Waals surface area contributed by atoms with E-state index in [0.717, 1.165) is 19.3 Å². The largest absolute Gasteiger partial charge is 0.403 e. The fourth-order valence-electron chi connectivity index (χ4n) is 5.39. The predicted molar refractivity (Wildman–Crippen MR) is 133 cm³/mol. The van der Waals surface area contributed by atoms with E-state index >= 15 is 0 Å². The Morgan fingerprint density at radius 2 is 1.69 bits per heavy atom. The van der Waals surface area contributed by atoms with Crippen LogP contribution in [0.15, 0.2) is 0 Å². The van der Waals surface area contributed by atoms with Crippen LogP contribution in [0.25, 0.3) is 0 Å². The molecule has 184 valence electrons. The van der Waals surface area contributed by atoms with Crippen molar-refractivity contribution in [3.05, 3.63) is 0 Å². The zero-order valence-corrected chi connectivity index (χ0v) is 22.5. The highest BCUT2D eigenvalue weighted by Gasteiger charge is 2.64. The third kappa shape index (κ3) is 5.99. The van der Waals surface area contributed by atoms with Crippen molar-refractivity contribution in [3.8, 4) is 11.8 Å². The Morgan fingerprint density at radius 3 is 2.31 bits per heavy atom. The summed E-state index contributed by atoms with van der Waals surface area (Å²) in [7, 11) is -1.90. The van der Waals surface area contributed by atoms with E-state index in [1.54, 1.807) is 0 Å². The second-order valence-corrected chi connectivity index (χ2v) is 16.6. The van der Waals surface area contributed by atoms with E-state index in [9.17, 15) is 5.11 Å². The number of hydrogen-bond acceptors (Lipinski definition) is 4. The maximum atomic E-state index is 10.8. The molecule has 5 heteroatoms. The van der Waals surface area contributed by atoms with Crippen LogP contribution in [0.4, 0.5) is 0 Å². The van der Waals surface area contributed by atoms with Gasteiger partial charge in [-0.15, -0.1) is 0 Å². The lowest BCUT2D eigenvalue weighted by atomic mass is 9.67. The van der Waals surface area contributed by atoms with Gasteiger partial charge in [-0.3, -0.25) is 0 Å². The van der Waals surface area contributed by atoms with E-state index in [1.165, 1.54) is 44.9 Å². The third-order valence-corrected chi connectivity index (χ3v) is 13.0. The van der Waals surface area contributed by atoms with Gasteiger partial charge in [-0.05, 0) is 43.3 Å². The van der Waals surface area contributed by atoms with Gasteiger partial charge in [0.05, 0.1) is 19.3 Å². The van der Waals surface area contributed by atoms with Crippen LogP contribution < -0.4 is 0 Å². The van der Waals surface area contributed by atoms with Crippen LogP contribution in [-0.4, -0.2) is 44.6 Å². The molecule has 0 aromatic rings. The van der Waals surface area contributed by atoms with Gasteiger partial charge in [-0.25, -0.2) is 0 Å². The summed E-state index contributed by atoms with van der Waals surface area (Å²) in [6.45, 7) is 15.1. The Bertz CT molecular complexity index is 653. The molecule has 0 aromatic carbocycles. The zero-order chi connectivity index (χ0) is 23.4. The van der Waals surface area contributed by atoms with E-state index in [1.807, 2.05) is 0 Å². The second-order valence-electron chi connectivity index (χ2n) is 11.9. The van der Waals surface area contributed by atoms with E-state index in [2.05, 4.69) is 52.6 Å². The van der Waals surface area contributed by atoms with Crippen LogP contribution in [0.1, 0.15) is 91.9 Å². The lowest BCUT2D eigenvalue weighted by molar-refractivity contribution is -0.270. The van der Waals surface area contributed by atoms with Crippen molar-refractivity contribution >= 4 is 8.32 Å². The molecule has 0 aromatic heterocycles. The first-order chi connectivity index (χ1) is 15.1. The molecule has 2 saturated carbocycles. The minimum absolute atomic E-state index is 0.0224. The number of aliphatic hydroxyl groups is 1. The van der Waals surface area contributed by atoms with Gasteiger partial charge in [0.1, 0.15) is 6.10 Å². The van der Waals surface area contributed by atoms with Crippen molar-refractivity contribution in [3.63, 3.8) is 0 Å². The van der Waals surface area contributed by atoms with Crippen LogP contribution in [0, 0.1) is 29.6 Å². The molecule has 1 N–H and O–H groups in total. The lowest BCUT2D eigenvalue weighted by Gasteiger charge is -2.48. The van der Waals surface area contributed by atoms with E-state index in [-0.39, 0.29) is 23.2 Å². The summed E-state index contributed by atoms with van der Waals surface area (Å²) < 4.78 is 18.6. The van der Waals surface area contributed by atoms with Crippen LogP contribution in [0.3, 0.4) is 0 Å². The van der Waals surface area contributed by atoms with Crippen LogP contribution >= 0.6 is 0 Å². The van der Waals surface area contributed by atoms with Gasteiger partial charge in [0.15, 0.2) is 14.1 Å². The van der Waals surface area contributed by atoms with Crippen molar-refractivity contribution in [1.29, 1.82) is 0 Å². The molecule has 1 saturated heterocycles. The van der Waals surface area contributed by atoms with Crippen LogP contribution in [-0.2, 0) is 13.9 Å². The molecule has 5 atom stereocenters. The molecule has 0 bridgehead atoms. The molecule has 3 fully saturated rings. The maximum absolute atomic E-state index is 10.8.